The maximum Gasteiger partial charge on any atom is 0.123 e. The van der Waals surface area contributed by atoms with Gasteiger partial charge in [0.05, 0.1) is 0 Å². The second-order valence-corrected chi connectivity index (χ2v) is 4.82. The van der Waals surface area contributed by atoms with Gasteiger partial charge in [0.1, 0.15) is 12.4 Å². The SMILES string of the molecule is C=C(Cl)COc1ccc(C)cc1CC(N)CC. The summed E-state index contributed by atoms with van der Waals surface area (Å²) < 4.78 is 5.61. The summed E-state index contributed by atoms with van der Waals surface area (Å²) in [5.74, 6) is 0.848. The fourth-order valence-corrected chi connectivity index (χ4v) is 1.65. The average Bonchev–Trinajstić information content (AvgIpc) is 2.27. The third kappa shape index (κ3) is 4.80. The first-order valence-corrected chi connectivity index (χ1v) is 6.22. The lowest BCUT2D eigenvalue weighted by atomic mass is 10.0. The monoisotopic (exact) mass is 253 g/mol. The molecule has 0 amide bonds. The fraction of sp³-hybridized carbons (Fsp3) is 0.429. The van der Waals surface area contributed by atoms with Gasteiger partial charge in [0.25, 0.3) is 0 Å². The van der Waals surface area contributed by atoms with Crippen LogP contribution in [0.3, 0.4) is 0 Å². The van der Waals surface area contributed by atoms with E-state index in [4.69, 9.17) is 22.1 Å². The van der Waals surface area contributed by atoms with E-state index in [1.54, 1.807) is 0 Å². The van der Waals surface area contributed by atoms with Crippen LogP contribution in [0.2, 0.25) is 0 Å². The van der Waals surface area contributed by atoms with Gasteiger partial charge >= 0.3 is 0 Å². The minimum absolute atomic E-state index is 0.165. The van der Waals surface area contributed by atoms with Crippen molar-refractivity contribution in [1.29, 1.82) is 0 Å². The zero-order valence-corrected chi connectivity index (χ0v) is 11.3. The number of nitrogens with two attached hydrogens (primary N) is 1. The van der Waals surface area contributed by atoms with E-state index in [1.807, 2.05) is 12.1 Å². The Kier molecular flexibility index (Phi) is 5.52. The molecule has 17 heavy (non-hydrogen) atoms. The van der Waals surface area contributed by atoms with Gasteiger partial charge in [-0.1, -0.05) is 42.8 Å². The molecule has 0 heterocycles. The van der Waals surface area contributed by atoms with Gasteiger partial charge in [-0.2, -0.15) is 0 Å². The van der Waals surface area contributed by atoms with Gasteiger partial charge in [0.2, 0.25) is 0 Å². The van der Waals surface area contributed by atoms with E-state index in [0.717, 1.165) is 24.2 Å². The van der Waals surface area contributed by atoms with Crippen LogP contribution >= 0.6 is 11.6 Å². The quantitative estimate of drug-likeness (QED) is 0.843. The summed E-state index contributed by atoms with van der Waals surface area (Å²) in [7, 11) is 0. The van der Waals surface area contributed by atoms with E-state index in [9.17, 15) is 0 Å². The van der Waals surface area contributed by atoms with Crippen molar-refractivity contribution in [1.82, 2.24) is 0 Å². The summed E-state index contributed by atoms with van der Waals surface area (Å²) >= 11 is 5.70. The number of halogens is 1. The molecule has 94 valence electrons. The van der Waals surface area contributed by atoms with Crippen LogP contribution in [0.25, 0.3) is 0 Å². The maximum atomic E-state index is 5.98. The molecule has 0 aliphatic carbocycles. The molecular weight excluding hydrogens is 234 g/mol. The average molecular weight is 254 g/mol. The van der Waals surface area contributed by atoms with Crippen LogP contribution in [0, 0.1) is 6.92 Å². The Labute approximate surface area is 108 Å². The lowest BCUT2D eigenvalue weighted by Crippen LogP contribution is -2.21. The molecule has 1 unspecified atom stereocenters. The summed E-state index contributed by atoms with van der Waals surface area (Å²) in [4.78, 5) is 0. The topological polar surface area (TPSA) is 35.2 Å². The van der Waals surface area contributed by atoms with Crippen LogP contribution < -0.4 is 10.5 Å². The Morgan fingerprint density at radius 3 is 2.82 bits per heavy atom. The minimum Gasteiger partial charge on any atom is -0.488 e. The fourth-order valence-electron chi connectivity index (χ4n) is 1.59. The van der Waals surface area contributed by atoms with Gasteiger partial charge in [0, 0.05) is 11.1 Å². The molecule has 1 atom stereocenters. The standard InChI is InChI=1S/C14H20ClNO/c1-4-13(16)8-12-7-10(2)5-6-14(12)17-9-11(3)15/h5-7,13H,3-4,8-9,16H2,1-2H3. The summed E-state index contributed by atoms with van der Waals surface area (Å²) in [6, 6.07) is 6.26. The molecule has 0 radical (unpaired) electrons. The van der Waals surface area contributed by atoms with Crippen molar-refractivity contribution in [3.05, 3.63) is 40.9 Å². The molecule has 1 rings (SSSR count). The van der Waals surface area contributed by atoms with Crippen LogP contribution in [-0.2, 0) is 6.42 Å². The first kappa shape index (κ1) is 14.1. The second kappa shape index (κ2) is 6.67. The number of hydrogen-bond acceptors (Lipinski definition) is 2. The predicted octanol–water partition coefficient (Wildman–Crippen LogP) is 3.41. The molecule has 0 saturated heterocycles. The zero-order chi connectivity index (χ0) is 12.8. The third-order valence-corrected chi connectivity index (χ3v) is 2.72. The third-order valence-electron chi connectivity index (χ3n) is 2.61. The molecule has 0 saturated carbocycles. The van der Waals surface area contributed by atoms with Crippen LogP contribution in [0.4, 0.5) is 0 Å². The Morgan fingerprint density at radius 1 is 1.53 bits per heavy atom. The van der Waals surface area contributed by atoms with E-state index in [0.29, 0.717) is 11.6 Å². The zero-order valence-electron chi connectivity index (χ0n) is 10.5. The molecule has 0 aliphatic heterocycles. The number of rotatable bonds is 6. The van der Waals surface area contributed by atoms with Crippen molar-refractivity contribution in [2.45, 2.75) is 32.7 Å². The van der Waals surface area contributed by atoms with Gasteiger partial charge in [-0.05, 0) is 31.4 Å². The second-order valence-electron chi connectivity index (χ2n) is 4.29. The molecule has 3 heteroatoms. The largest absolute Gasteiger partial charge is 0.488 e. The van der Waals surface area contributed by atoms with Crippen molar-refractivity contribution >= 4 is 11.6 Å². The highest BCUT2D eigenvalue weighted by Crippen LogP contribution is 2.22. The van der Waals surface area contributed by atoms with Crippen LogP contribution in [0.15, 0.2) is 29.8 Å². The van der Waals surface area contributed by atoms with Crippen molar-refractivity contribution < 1.29 is 4.74 Å². The molecule has 2 nitrogen and oxygen atoms in total. The molecule has 1 aromatic carbocycles. The Balaban J connectivity index is 2.83. The van der Waals surface area contributed by atoms with Crippen molar-refractivity contribution in [3.8, 4) is 5.75 Å². The molecule has 0 spiro atoms. The van der Waals surface area contributed by atoms with Crippen molar-refractivity contribution in [2.75, 3.05) is 6.61 Å². The first-order chi connectivity index (χ1) is 8.02. The highest BCUT2D eigenvalue weighted by Gasteiger charge is 2.08. The Hall–Kier alpha value is -0.990. The van der Waals surface area contributed by atoms with Crippen LogP contribution in [0.1, 0.15) is 24.5 Å². The minimum atomic E-state index is 0.165. The maximum absolute atomic E-state index is 5.98. The summed E-state index contributed by atoms with van der Waals surface area (Å²) in [6.07, 6.45) is 1.78. The molecule has 0 fully saturated rings. The van der Waals surface area contributed by atoms with Gasteiger partial charge in [-0.3, -0.25) is 0 Å². The highest BCUT2D eigenvalue weighted by atomic mass is 35.5. The van der Waals surface area contributed by atoms with Gasteiger partial charge in [0.15, 0.2) is 0 Å². The van der Waals surface area contributed by atoms with Crippen molar-refractivity contribution in [2.24, 2.45) is 5.73 Å². The van der Waals surface area contributed by atoms with Crippen LogP contribution in [-0.4, -0.2) is 12.6 Å². The van der Waals surface area contributed by atoms with Gasteiger partial charge in [-0.25, -0.2) is 0 Å². The molecule has 0 aliphatic rings. The number of benzene rings is 1. The summed E-state index contributed by atoms with van der Waals surface area (Å²) in [6.45, 7) is 8.09. The molecule has 0 bridgehead atoms. The smallest absolute Gasteiger partial charge is 0.123 e. The number of aryl methyl sites for hydroxylation is 1. The lowest BCUT2D eigenvalue weighted by molar-refractivity contribution is 0.354. The Bertz CT molecular complexity index is 390. The summed E-state index contributed by atoms with van der Waals surface area (Å²) in [5, 5.41) is 0.497. The molecule has 2 N–H and O–H groups in total. The molecule has 0 aromatic heterocycles. The highest BCUT2D eigenvalue weighted by molar-refractivity contribution is 6.29. The Morgan fingerprint density at radius 2 is 2.24 bits per heavy atom. The van der Waals surface area contributed by atoms with E-state index in [1.165, 1.54) is 5.56 Å². The number of ether oxygens (including phenoxy) is 1. The predicted molar refractivity (Wildman–Crippen MR) is 73.6 cm³/mol. The van der Waals surface area contributed by atoms with E-state index in [2.05, 4.69) is 26.5 Å². The van der Waals surface area contributed by atoms with E-state index < -0.39 is 0 Å². The molecule has 1 aromatic rings. The van der Waals surface area contributed by atoms with Gasteiger partial charge < -0.3 is 10.5 Å². The van der Waals surface area contributed by atoms with Crippen molar-refractivity contribution in [3.63, 3.8) is 0 Å². The summed E-state index contributed by atoms with van der Waals surface area (Å²) in [5.41, 5.74) is 8.33. The lowest BCUT2D eigenvalue weighted by Gasteiger charge is -2.15. The van der Waals surface area contributed by atoms with Crippen LogP contribution in [0.5, 0.6) is 5.75 Å². The number of hydrogen-bond donors (Lipinski definition) is 1. The van der Waals surface area contributed by atoms with E-state index >= 15 is 0 Å². The van der Waals surface area contributed by atoms with Gasteiger partial charge in [-0.15, -0.1) is 0 Å². The normalized spacial score (nSPS) is 12.2. The molecular formula is C14H20ClNO. The van der Waals surface area contributed by atoms with E-state index in [-0.39, 0.29) is 6.04 Å². The first-order valence-electron chi connectivity index (χ1n) is 5.84.